The Kier molecular flexibility index (Phi) is 5.80. The van der Waals surface area contributed by atoms with Crippen LogP contribution in [0.25, 0.3) is 10.9 Å². The average Bonchev–Trinajstić information content (AvgIpc) is 3.26. The number of ether oxygens (including phenoxy) is 1. The Balaban J connectivity index is 1.82. The van der Waals surface area contributed by atoms with Crippen molar-refractivity contribution in [1.29, 1.82) is 0 Å². The second-order valence-corrected chi connectivity index (χ2v) is 8.86. The lowest BCUT2D eigenvalue weighted by molar-refractivity contribution is 0.0692. The largest absolute Gasteiger partial charge is 0.495 e. The molecule has 34 heavy (non-hydrogen) atoms. The zero-order valence-corrected chi connectivity index (χ0v) is 18.3. The molecule has 11 heteroatoms. The van der Waals surface area contributed by atoms with Crippen LogP contribution in [0.15, 0.2) is 71.8 Å². The van der Waals surface area contributed by atoms with Crippen molar-refractivity contribution in [3.63, 3.8) is 0 Å². The molecule has 0 aliphatic rings. The summed E-state index contributed by atoms with van der Waals surface area (Å²) >= 11 is 0. The van der Waals surface area contributed by atoms with Gasteiger partial charge in [-0.2, -0.15) is 0 Å². The maximum absolute atomic E-state index is 14.7. The van der Waals surface area contributed by atoms with Gasteiger partial charge in [-0.05, 0) is 36.4 Å². The fourth-order valence-electron chi connectivity index (χ4n) is 3.47. The van der Waals surface area contributed by atoms with Crippen molar-refractivity contribution in [3.05, 3.63) is 89.6 Å². The minimum atomic E-state index is -4.43. The monoisotopic (exact) mass is 486 g/mol. The van der Waals surface area contributed by atoms with Gasteiger partial charge in [0.25, 0.3) is 15.9 Å². The highest BCUT2D eigenvalue weighted by atomic mass is 32.2. The van der Waals surface area contributed by atoms with E-state index in [-0.39, 0.29) is 27.8 Å². The molecule has 174 valence electrons. The van der Waals surface area contributed by atoms with Gasteiger partial charge in [-0.15, -0.1) is 0 Å². The first-order valence-corrected chi connectivity index (χ1v) is 11.1. The molecule has 8 nitrogen and oxygen atoms in total. The van der Waals surface area contributed by atoms with Crippen molar-refractivity contribution in [1.82, 2.24) is 3.97 Å². The quantitative estimate of drug-likeness (QED) is 0.424. The van der Waals surface area contributed by atoms with E-state index in [1.54, 1.807) is 0 Å². The van der Waals surface area contributed by atoms with Crippen LogP contribution in [-0.2, 0) is 10.0 Å². The van der Waals surface area contributed by atoms with Gasteiger partial charge in [0, 0.05) is 17.6 Å². The summed E-state index contributed by atoms with van der Waals surface area (Å²) in [7, 11) is -3.29. The van der Waals surface area contributed by atoms with E-state index in [9.17, 15) is 31.9 Å². The summed E-state index contributed by atoms with van der Waals surface area (Å²) in [5.41, 5.74) is -1.04. The summed E-state index contributed by atoms with van der Waals surface area (Å²) in [4.78, 5) is 23.6. The van der Waals surface area contributed by atoms with Gasteiger partial charge in [0.2, 0.25) is 0 Å². The van der Waals surface area contributed by atoms with E-state index >= 15 is 0 Å². The number of hydrogen-bond donors (Lipinski definition) is 2. The molecule has 1 aromatic heterocycles. The van der Waals surface area contributed by atoms with Crippen LogP contribution in [0.2, 0.25) is 0 Å². The Bertz CT molecular complexity index is 1560. The van der Waals surface area contributed by atoms with Crippen LogP contribution in [0.1, 0.15) is 20.7 Å². The molecule has 0 saturated heterocycles. The van der Waals surface area contributed by atoms with Gasteiger partial charge >= 0.3 is 5.97 Å². The first kappa shape index (κ1) is 22.9. The van der Waals surface area contributed by atoms with Gasteiger partial charge in [0.05, 0.1) is 29.4 Å². The Labute approximate surface area is 192 Å². The van der Waals surface area contributed by atoms with E-state index in [1.807, 2.05) is 0 Å². The lowest BCUT2D eigenvalue weighted by Gasteiger charge is -2.15. The molecule has 0 unspecified atom stereocenters. The number of amides is 1. The third-order valence-corrected chi connectivity index (χ3v) is 6.80. The van der Waals surface area contributed by atoms with E-state index in [2.05, 4.69) is 5.32 Å². The number of benzene rings is 3. The maximum atomic E-state index is 14.7. The van der Waals surface area contributed by atoms with Crippen LogP contribution >= 0.6 is 0 Å². The number of rotatable bonds is 6. The van der Waals surface area contributed by atoms with Gasteiger partial charge in [-0.25, -0.2) is 26.0 Å². The number of halogens is 2. The number of nitrogens with one attached hydrogen (secondary N) is 1. The molecule has 0 saturated carbocycles. The van der Waals surface area contributed by atoms with Crippen LogP contribution in [-0.4, -0.2) is 36.5 Å². The van der Waals surface area contributed by atoms with Crippen LogP contribution < -0.4 is 10.1 Å². The molecular weight excluding hydrogens is 470 g/mol. The van der Waals surface area contributed by atoms with Crippen LogP contribution in [0.5, 0.6) is 5.75 Å². The number of carbonyl (C=O) groups is 2. The fraction of sp³-hybridized carbons (Fsp3) is 0.0435. The van der Waals surface area contributed by atoms with E-state index < -0.39 is 44.1 Å². The van der Waals surface area contributed by atoms with Gasteiger partial charge in [-0.3, -0.25) is 4.79 Å². The van der Waals surface area contributed by atoms with Crippen LogP contribution in [0.4, 0.5) is 14.5 Å². The second kappa shape index (κ2) is 8.60. The molecule has 0 aliphatic carbocycles. The molecule has 1 amide bonds. The molecular formula is C23H16F2N2O6S. The Morgan fingerprint density at radius 3 is 2.35 bits per heavy atom. The van der Waals surface area contributed by atoms with E-state index in [0.29, 0.717) is 0 Å². The fourth-order valence-corrected chi connectivity index (χ4v) is 4.98. The van der Waals surface area contributed by atoms with Crippen molar-refractivity contribution in [3.8, 4) is 5.75 Å². The Hall–Kier alpha value is -4.25. The predicted molar refractivity (Wildman–Crippen MR) is 119 cm³/mol. The number of carboxylic acids is 1. The molecule has 2 N–H and O–H groups in total. The van der Waals surface area contributed by atoms with Gasteiger partial charge in [-0.1, -0.05) is 18.2 Å². The highest BCUT2D eigenvalue weighted by molar-refractivity contribution is 7.90. The van der Waals surface area contributed by atoms with Gasteiger partial charge in [0.15, 0.2) is 0 Å². The molecule has 1 heterocycles. The molecule has 0 spiro atoms. The number of carbonyl (C=O) groups excluding carboxylic acids is 1. The minimum absolute atomic E-state index is 0.0485. The second-order valence-electron chi connectivity index (χ2n) is 7.08. The summed E-state index contributed by atoms with van der Waals surface area (Å²) in [5.74, 6) is -4.31. The third-order valence-electron chi connectivity index (χ3n) is 5.08. The van der Waals surface area contributed by atoms with E-state index in [4.69, 9.17) is 4.74 Å². The SMILES string of the molecule is COc1cc(F)c(NC(=O)c2ccccc2C(=O)O)cc1S(=O)(=O)n1ccc2c(F)cccc21. The summed E-state index contributed by atoms with van der Waals surface area (Å²) in [6.07, 6.45) is 1.15. The first-order valence-electron chi connectivity index (χ1n) is 9.67. The van der Waals surface area contributed by atoms with Crippen molar-refractivity contribution in [2.24, 2.45) is 0 Å². The number of nitrogens with zero attached hydrogens (tertiary/aromatic N) is 1. The normalized spacial score (nSPS) is 11.4. The number of anilines is 1. The van der Waals surface area contributed by atoms with Crippen LogP contribution in [0, 0.1) is 11.6 Å². The van der Waals surface area contributed by atoms with Gasteiger partial charge in [0.1, 0.15) is 22.3 Å². The lowest BCUT2D eigenvalue weighted by atomic mass is 10.1. The number of hydrogen-bond acceptors (Lipinski definition) is 5. The van der Waals surface area contributed by atoms with Crippen molar-refractivity contribution in [2.75, 3.05) is 12.4 Å². The first-order chi connectivity index (χ1) is 16.1. The van der Waals surface area contributed by atoms with Crippen molar-refractivity contribution >= 4 is 38.5 Å². The molecule has 0 aliphatic heterocycles. The number of aromatic carboxylic acids is 1. The molecule has 0 fully saturated rings. The molecule has 0 radical (unpaired) electrons. The lowest BCUT2D eigenvalue weighted by Crippen LogP contribution is -2.18. The number of fused-ring (bicyclic) bond motifs is 1. The number of carboxylic acid groups (broad SMARTS) is 1. The Morgan fingerprint density at radius 2 is 1.68 bits per heavy atom. The summed E-state index contributed by atoms with van der Waals surface area (Å²) < 4.78 is 61.5. The van der Waals surface area contributed by atoms with Crippen molar-refractivity contribution < 1.29 is 36.6 Å². The molecule has 4 rings (SSSR count). The zero-order chi connectivity index (χ0) is 24.6. The van der Waals surface area contributed by atoms with Gasteiger partial charge < -0.3 is 15.2 Å². The van der Waals surface area contributed by atoms with E-state index in [1.165, 1.54) is 48.5 Å². The zero-order valence-electron chi connectivity index (χ0n) is 17.5. The smallest absolute Gasteiger partial charge is 0.336 e. The Morgan fingerprint density at radius 1 is 0.971 bits per heavy atom. The molecule has 4 aromatic rings. The predicted octanol–water partition coefficient (Wildman–Crippen LogP) is 4.12. The highest BCUT2D eigenvalue weighted by Gasteiger charge is 2.27. The summed E-state index contributed by atoms with van der Waals surface area (Å²) in [6.45, 7) is 0. The highest BCUT2D eigenvalue weighted by Crippen LogP contribution is 2.33. The molecule has 0 bridgehead atoms. The summed E-state index contributed by atoms with van der Waals surface area (Å²) in [6, 6.07) is 12.1. The minimum Gasteiger partial charge on any atom is -0.495 e. The van der Waals surface area contributed by atoms with Crippen molar-refractivity contribution in [2.45, 2.75) is 4.90 Å². The third kappa shape index (κ3) is 3.86. The molecule has 3 aromatic carbocycles. The standard InChI is InChI=1S/C23H16F2N2O6S/c1-33-20-11-17(25)18(26-22(28)13-5-2-3-6-14(13)23(29)30)12-21(20)34(31,32)27-10-9-15-16(24)7-4-8-19(15)27/h2-12H,1H3,(H,26,28)(H,29,30). The number of aromatic nitrogens is 1. The topological polar surface area (TPSA) is 115 Å². The van der Waals surface area contributed by atoms with Crippen LogP contribution in [0.3, 0.4) is 0 Å². The van der Waals surface area contributed by atoms with E-state index in [0.717, 1.165) is 29.4 Å². The number of methoxy groups -OCH3 is 1. The average molecular weight is 486 g/mol. The maximum Gasteiger partial charge on any atom is 0.336 e. The summed E-state index contributed by atoms with van der Waals surface area (Å²) in [5, 5.41) is 11.6. The molecule has 0 atom stereocenters.